The molecule has 1 aromatic rings. The summed E-state index contributed by atoms with van der Waals surface area (Å²) in [4.78, 5) is 0. The molecule has 0 saturated carbocycles. The van der Waals surface area contributed by atoms with E-state index in [0.717, 1.165) is 18.4 Å². The molecule has 0 bridgehead atoms. The van der Waals surface area contributed by atoms with Gasteiger partial charge in [0.1, 0.15) is 0 Å². The number of hydrogen-bond acceptors (Lipinski definition) is 2. The molecular weight excluding hydrogens is 294 g/mol. The molecule has 2 N–H and O–H groups in total. The average molecular weight is 318 g/mol. The van der Waals surface area contributed by atoms with Crippen molar-refractivity contribution in [1.29, 1.82) is 0 Å². The van der Waals surface area contributed by atoms with Crippen LogP contribution < -0.4 is 59.1 Å². The van der Waals surface area contributed by atoms with Crippen molar-refractivity contribution in [2.75, 3.05) is 0 Å². The SMILES string of the molecule is CCC(C1=CCC(O)(O)C=C1)=C(CC)c1ccccc1.[H-].[H-].[Na+].[Na+]. The Morgan fingerprint density at radius 3 is 2.09 bits per heavy atom. The summed E-state index contributed by atoms with van der Waals surface area (Å²) in [6.07, 6.45) is 7.34. The van der Waals surface area contributed by atoms with Crippen LogP contribution in [0.5, 0.6) is 0 Å². The summed E-state index contributed by atoms with van der Waals surface area (Å²) in [5.74, 6) is -1.69. The first-order chi connectivity index (χ1) is 9.57. The number of benzene rings is 1. The first-order valence-electron chi connectivity index (χ1n) is 7.19. The fourth-order valence-corrected chi connectivity index (χ4v) is 2.67. The van der Waals surface area contributed by atoms with E-state index in [1.54, 1.807) is 0 Å². The first kappa shape index (κ1) is 22.4. The summed E-state index contributed by atoms with van der Waals surface area (Å²) in [6.45, 7) is 4.30. The predicted octanol–water partition coefficient (Wildman–Crippen LogP) is -1.94. The van der Waals surface area contributed by atoms with E-state index in [0.29, 0.717) is 0 Å². The van der Waals surface area contributed by atoms with Crippen LogP contribution in [0.25, 0.3) is 5.57 Å². The molecule has 1 aromatic carbocycles. The molecule has 0 unspecified atom stereocenters. The molecule has 1 aliphatic rings. The summed E-state index contributed by atoms with van der Waals surface area (Å²) in [5.41, 5.74) is 4.95. The molecule has 2 nitrogen and oxygen atoms in total. The minimum absolute atomic E-state index is 0. The average Bonchev–Trinajstić information content (AvgIpc) is 2.46. The maximum atomic E-state index is 9.57. The van der Waals surface area contributed by atoms with Gasteiger partial charge in [-0.3, -0.25) is 0 Å². The molecule has 22 heavy (non-hydrogen) atoms. The van der Waals surface area contributed by atoms with Crippen LogP contribution >= 0.6 is 0 Å². The number of aliphatic hydroxyl groups is 2. The van der Waals surface area contributed by atoms with Crippen LogP contribution in [-0.2, 0) is 0 Å². The van der Waals surface area contributed by atoms with E-state index < -0.39 is 5.79 Å². The Kier molecular flexibility index (Phi) is 10.4. The van der Waals surface area contributed by atoms with Gasteiger partial charge in [0.15, 0.2) is 5.79 Å². The molecule has 0 radical (unpaired) electrons. The maximum absolute atomic E-state index is 9.57. The van der Waals surface area contributed by atoms with Crippen molar-refractivity contribution in [3.63, 3.8) is 0 Å². The molecule has 1 aliphatic carbocycles. The van der Waals surface area contributed by atoms with Gasteiger partial charge < -0.3 is 13.1 Å². The summed E-state index contributed by atoms with van der Waals surface area (Å²) >= 11 is 0. The number of rotatable bonds is 4. The van der Waals surface area contributed by atoms with Crippen molar-refractivity contribution in [1.82, 2.24) is 0 Å². The molecule has 0 fully saturated rings. The minimum atomic E-state index is -1.69. The van der Waals surface area contributed by atoms with Crippen molar-refractivity contribution in [2.45, 2.75) is 38.9 Å². The second-order valence-corrected chi connectivity index (χ2v) is 5.11. The van der Waals surface area contributed by atoms with Gasteiger partial charge in [-0.25, -0.2) is 0 Å². The molecule has 0 aromatic heterocycles. The van der Waals surface area contributed by atoms with Crippen LogP contribution in [0.15, 0.2) is 59.7 Å². The fourth-order valence-electron chi connectivity index (χ4n) is 2.67. The zero-order valence-electron chi connectivity index (χ0n) is 16.1. The van der Waals surface area contributed by atoms with Crippen LogP contribution in [0.3, 0.4) is 0 Å². The van der Waals surface area contributed by atoms with Gasteiger partial charge in [-0.1, -0.05) is 56.3 Å². The third-order valence-corrected chi connectivity index (χ3v) is 3.69. The Labute approximate surface area is 180 Å². The zero-order chi connectivity index (χ0) is 14.6. The molecule has 0 aliphatic heterocycles. The molecule has 0 amide bonds. The van der Waals surface area contributed by atoms with Crippen molar-refractivity contribution < 1.29 is 72.2 Å². The summed E-state index contributed by atoms with van der Waals surface area (Å²) in [6, 6.07) is 10.4. The topological polar surface area (TPSA) is 40.5 Å². The van der Waals surface area contributed by atoms with E-state index in [1.807, 2.05) is 18.2 Å². The van der Waals surface area contributed by atoms with Crippen molar-refractivity contribution in [2.24, 2.45) is 0 Å². The van der Waals surface area contributed by atoms with Crippen LogP contribution in [0.4, 0.5) is 0 Å². The van der Waals surface area contributed by atoms with Crippen LogP contribution in [0, 0.1) is 0 Å². The standard InChI is InChI=1S/C18H22O2.2Na.2H/c1-3-16(14-8-6-5-7-9-14)17(4-2)15-10-12-18(19,20)13-11-15;;;;/h5-12,19-20H,3-4,13H2,1-2H3;;;;/q;2*+1;2*-1. The largest absolute Gasteiger partial charge is 1.00 e. The van der Waals surface area contributed by atoms with E-state index in [4.69, 9.17) is 0 Å². The summed E-state index contributed by atoms with van der Waals surface area (Å²) in [5, 5.41) is 19.1. The Bertz CT molecular complexity index is 568. The van der Waals surface area contributed by atoms with Gasteiger partial charge in [0.05, 0.1) is 0 Å². The summed E-state index contributed by atoms with van der Waals surface area (Å²) in [7, 11) is 0. The molecule has 110 valence electrons. The fraction of sp³-hybridized carbons (Fsp3) is 0.333. The van der Waals surface area contributed by atoms with E-state index in [-0.39, 0.29) is 68.4 Å². The van der Waals surface area contributed by atoms with E-state index >= 15 is 0 Å². The van der Waals surface area contributed by atoms with Crippen molar-refractivity contribution in [3.8, 4) is 0 Å². The van der Waals surface area contributed by atoms with Crippen molar-refractivity contribution >= 4 is 5.57 Å². The Morgan fingerprint density at radius 1 is 1.05 bits per heavy atom. The third kappa shape index (κ3) is 5.77. The van der Waals surface area contributed by atoms with Gasteiger partial charge in [0.2, 0.25) is 0 Å². The third-order valence-electron chi connectivity index (χ3n) is 3.69. The van der Waals surface area contributed by atoms with Gasteiger partial charge >= 0.3 is 59.1 Å². The second-order valence-electron chi connectivity index (χ2n) is 5.11. The van der Waals surface area contributed by atoms with Crippen molar-refractivity contribution in [3.05, 3.63) is 65.3 Å². The smallest absolute Gasteiger partial charge is 1.00 e. The van der Waals surface area contributed by atoms with Gasteiger partial charge in [0, 0.05) is 6.42 Å². The molecular formula is C18H24Na2O2. The van der Waals surface area contributed by atoms with E-state index in [2.05, 4.69) is 38.1 Å². The van der Waals surface area contributed by atoms with Gasteiger partial charge in [-0.2, -0.15) is 0 Å². The minimum Gasteiger partial charge on any atom is -1.00 e. The van der Waals surface area contributed by atoms with Gasteiger partial charge in [-0.05, 0) is 41.2 Å². The number of hydrogen-bond donors (Lipinski definition) is 2. The molecule has 2 rings (SSSR count). The van der Waals surface area contributed by atoms with Crippen LogP contribution in [-0.4, -0.2) is 16.0 Å². The molecule has 0 saturated heterocycles. The zero-order valence-corrected chi connectivity index (χ0v) is 18.1. The van der Waals surface area contributed by atoms with Gasteiger partial charge in [-0.15, -0.1) is 0 Å². The van der Waals surface area contributed by atoms with E-state index in [9.17, 15) is 10.2 Å². The quantitative estimate of drug-likeness (QED) is 0.501. The monoisotopic (exact) mass is 318 g/mol. The number of allylic oxidation sites excluding steroid dienone is 4. The Balaban J connectivity index is -0.00000110. The van der Waals surface area contributed by atoms with Crippen LogP contribution in [0.1, 0.15) is 41.5 Å². The first-order valence-corrected chi connectivity index (χ1v) is 7.19. The second kappa shape index (κ2) is 10.3. The Morgan fingerprint density at radius 2 is 1.64 bits per heavy atom. The maximum Gasteiger partial charge on any atom is 1.00 e. The van der Waals surface area contributed by atoms with Crippen LogP contribution in [0.2, 0.25) is 0 Å². The normalized spacial score (nSPS) is 16.8. The predicted molar refractivity (Wildman–Crippen MR) is 85.2 cm³/mol. The van der Waals surface area contributed by atoms with Gasteiger partial charge in [0.25, 0.3) is 0 Å². The molecule has 0 heterocycles. The Hall–Kier alpha value is 0.360. The molecule has 0 spiro atoms. The summed E-state index contributed by atoms with van der Waals surface area (Å²) < 4.78 is 0. The van der Waals surface area contributed by atoms with E-state index in [1.165, 1.54) is 22.8 Å². The molecule has 0 atom stereocenters. The molecule has 4 heteroatoms.